The number of ether oxygens (including phenoxy) is 2. The number of carbonyl (C=O) groups excluding carboxylic acids is 3. The Labute approximate surface area is 202 Å². The minimum atomic E-state index is -0.592. The summed E-state index contributed by atoms with van der Waals surface area (Å²) in [5.41, 5.74) is 4.18. The van der Waals surface area contributed by atoms with E-state index in [2.05, 4.69) is 10.5 Å². The van der Waals surface area contributed by atoms with E-state index in [0.29, 0.717) is 18.7 Å². The molecule has 1 N–H and O–H groups in total. The first kappa shape index (κ1) is 24.2. The molecule has 1 aromatic carbocycles. The van der Waals surface area contributed by atoms with Gasteiger partial charge in [0.05, 0.1) is 13.7 Å². The van der Waals surface area contributed by atoms with Gasteiger partial charge in [0.25, 0.3) is 11.5 Å². The predicted octanol–water partition coefficient (Wildman–Crippen LogP) is 1.30. The maximum Gasteiger partial charge on any atom is 0.343 e. The van der Waals surface area contributed by atoms with Gasteiger partial charge in [-0.25, -0.2) is 10.2 Å². The van der Waals surface area contributed by atoms with Crippen LogP contribution in [-0.4, -0.2) is 59.8 Å². The van der Waals surface area contributed by atoms with Crippen LogP contribution in [0.25, 0.3) is 0 Å². The molecule has 0 fully saturated rings. The maximum atomic E-state index is 12.9. The molecule has 2 aliphatic heterocycles. The van der Waals surface area contributed by atoms with Gasteiger partial charge in [-0.15, -0.1) is 0 Å². The van der Waals surface area contributed by atoms with Gasteiger partial charge >= 0.3 is 5.97 Å². The molecule has 10 heteroatoms. The molecule has 0 saturated carbocycles. The van der Waals surface area contributed by atoms with Crippen molar-refractivity contribution in [3.8, 4) is 5.75 Å². The average Bonchev–Trinajstić information content (AvgIpc) is 3.11. The van der Waals surface area contributed by atoms with Crippen molar-refractivity contribution in [2.45, 2.75) is 38.6 Å². The smallest absolute Gasteiger partial charge is 0.343 e. The fourth-order valence-electron chi connectivity index (χ4n) is 4.30. The summed E-state index contributed by atoms with van der Waals surface area (Å²) < 4.78 is 12.4. The van der Waals surface area contributed by atoms with Gasteiger partial charge in [0.2, 0.25) is 5.91 Å². The van der Waals surface area contributed by atoms with E-state index in [-0.39, 0.29) is 73.3 Å². The van der Waals surface area contributed by atoms with Gasteiger partial charge in [-0.2, -0.15) is 5.10 Å². The Hall–Kier alpha value is -3.95. The zero-order chi connectivity index (χ0) is 24.8. The summed E-state index contributed by atoms with van der Waals surface area (Å²) in [6.07, 6.45) is 2.26. The molecule has 0 atom stereocenters. The number of amides is 2. The molecule has 35 heavy (non-hydrogen) atoms. The zero-order valence-corrected chi connectivity index (χ0v) is 19.6. The lowest BCUT2D eigenvalue weighted by molar-refractivity contribution is -0.124. The molecular formula is C25H28N4O6. The van der Waals surface area contributed by atoms with Gasteiger partial charge in [-0.1, -0.05) is 30.3 Å². The van der Waals surface area contributed by atoms with Gasteiger partial charge in [0.1, 0.15) is 17.0 Å². The summed E-state index contributed by atoms with van der Waals surface area (Å²) in [5, 5.41) is 3.88. The normalized spacial score (nSPS) is 15.4. The van der Waals surface area contributed by atoms with Crippen LogP contribution in [0, 0.1) is 0 Å². The molecule has 0 saturated heterocycles. The lowest BCUT2D eigenvalue weighted by atomic mass is 10.1. The molecule has 0 aliphatic carbocycles. The highest BCUT2D eigenvalue weighted by Crippen LogP contribution is 2.24. The molecule has 184 valence electrons. The molecule has 0 unspecified atom stereocenters. The second kappa shape index (κ2) is 11.0. The number of hydrazone groups is 1. The van der Waals surface area contributed by atoms with Crippen LogP contribution in [0.2, 0.25) is 0 Å². The van der Waals surface area contributed by atoms with Crippen LogP contribution in [0.5, 0.6) is 5.75 Å². The number of carbonyl (C=O) groups is 3. The highest BCUT2D eigenvalue weighted by Gasteiger charge is 2.29. The van der Waals surface area contributed by atoms with Gasteiger partial charge in [0.15, 0.2) is 0 Å². The summed E-state index contributed by atoms with van der Waals surface area (Å²) in [7, 11) is 1.28. The topological polar surface area (TPSA) is 119 Å². The van der Waals surface area contributed by atoms with Crippen LogP contribution < -0.4 is 15.7 Å². The number of aromatic nitrogens is 1. The second-order valence-electron chi connectivity index (χ2n) is 8.39. The number of esters is 1. The van der Waals surface area contributed by atoms with Crippen molar-refractivity contribution in [1.82, 2.24) is 14.9 Å². The van der Waals surface area contributed by atoms with E-state index in [9.17, 15) is 19.2 Å². The number of nitrogens with zero attached hydrogens (tertiary/aromatic N) is 3. The number of rotatable bonds is 7. The lowest BCUT2D eigenvalue weighted by Crippen LogP contribution is -2.41. The van der Waals surface area contributed by atoms with Crippen molar-refractivity contribution in [2.24, 2.45) is 5.10 Å². The Bertz CT molecular complexity index is 1200. The quantitative estimate of drug-likeness (QED) is 0.471. The summed E-state index contributed by atoms with van der Waals surface area (Å²) in [4.78, 5) is 51.5. The Balaban J connectivity index is 1.52. The van der Waals surface area contributed by atoms with Gasteiger partial charge < -0.3 is 18.9 Å². The highest BCUT2D eigenvalue weighted by atomic mass is 16.5. The van der Waals surface area contributed by atoms with E-state index in [1.165, 1.54) is 23.3 Å². The zero-order valence-electron chi connectivity index (χ0n) is 19.6. The minimum absolute atomic E-state index is 0.195. The molecule has 3 heterocycles. The third kappa shape index (κ3) is 5.59. The van der Waals surface area contributed by atoms with E-state index < -0.39 is 5.97 Å². The molecule has 2 aliphatic rings. The van der Waals surface area contributed by atoms with Crippen molar-refractivity contribution in [1.29, 1.82) is 0 Å². The van der Waals surface area contributed by atoms with E-state index in [1.807, 2.05) is 30.3 Å². The monoisotopic (exact) mass is 480 g/mol. The fourth-order valence-corrected chi connectivity index (χ4v) is 4.30. The molecule has 1 aromatic heterocycles. The van der Waals surface area contributed by atoms with Crippen LogP contribution in [0.1, 0.15) is 40.9 Å². The predicted molar refractivity (Wildman–Crippen MR) is 127 cm³/mol. The average molecular weight is 481 g/mol. The summed E-state index contributed by atoms with van der Waals surface area (Å²) >= 11 is 0. The second-order valence-corrected chi connectivity index (χ2v) is 8.39. The first-order valence-corrected chi connectivity index (χ1v) is 11.6. The molecular weight excluding hydrogens is 452 g/mol. The SMILES string of the molecule is COC(=O)c1c(OCCCc2ccccc2)cc(=O)n2c1CCN(C(=O)C1=NNC(=O)CC1)CC2. The van der Waals surface area contributed by atoms with Crippen molar-refractivity contribution < 1.29 is 23.9 Å². The van der Waals surface area contributed by atoms with Crippen molar-refractivity contribution in [2.75, 3.05) is 26.8 Å². The number of hydrogen-bond donors (Lipinski definition) is 1. The van der Waals surface area contributed by atoms with Crippen LogP contribution in [0.15, 0.2) is 46.3 Å². The molecule has 10 nitrogen and oxygen atoms in total. The first-order valence-electron chi connectivity index (χ1n) is 11.6. The number of fused-ring (bicyclic) bond motifs is 1. The maximum absolute atomic E-state index is 12.9. The first-order chi connectivity index (χ1) is 17.0. The van der Waals surface area contributed by atoms with Crippen LogP contribution >= 0.6 is 0 Å². The molecule has 4 rings (SSSR count). The number of aryl methyl sites for hydroxylation is 1. The Morgan fingerprint density at radius 2 is 1.86 bits per heavy atom. The Morgan fingerprint density at radius 1 is 1.06 bits per heavy atom. The van der Waals surface area contributed by atoms with Crippen molar-refractivity contribution >= 4 is 23.5 Å². The van der Waals surface area contributed by atoms with E-state index in [0.717, 1.165) is 6.42 Å². The molecule has 2 aromatic rings. The third-order valence-electron chi connectivity index (χ3n) is 6.13. The minimum Gasteiger partial charge on any atom is -0.492 e. The molecule has 0 radical (unpaired) electrons. The van der Waals surface area contributed by atoms with E-state index >= 15 is 0 Å². The standard InChI is InChI=1S/C25H28N4O6/c1-34-25(33)23-19-11-12-28(24(32)18-9-10-21(30)27-26-18)13-14-29(19)22(31)16-20(23)35-15-5-8-17-6-3-2-4-7-17/h2-4,6-7,16H,5,8-15H2,1H3,(H,27,30). The number of benzene rings is 1. The summed E-state index contributed by atoms with van der Waals surface area (Å²) in [6.45, 7) is 1.11. The molecule has 0 spiro atoms. The Kier molecular flexibility index (Phi) is 7.59. The van der Waals surface area contributed by atoms with E-state index in [1.54, 1.807) is 4.90 Å². The van der Waals surface area contributed by atoms with Crippen molar-refractivity contribution in [3.63, 3.8) is 0 Å². The largest absolute Gasteiger partial charge is 0.492 e. The van der Waals surface area contributed by atoms with Gasteiger partial charge in [0, 0.05) is 50.7 Å². The van der Waals surface area contributed by atoms with Crippen molar-refractivity contribution in [3.05, 3.63) is 63.6 Å². The molecule has 0 bridgehead atoms. The van der Waals surface area contributed by atoms with Crippen LogP contribution in [0.3, 0.4) is 0 Å². The number of methoxy groups -OCH3 is 1. The van der Waals surface area contributed by atoms with Crippen LogP contribution in [0.4, 0.5) is 0 Å². The van der Waals surface area contributed by atoms with Gasteiger partial charge in [-0.3, -0.25) is 14.4 Å². The number of nitrogens with one attached hydrogen (secondary N) is 1. The highest BCUT2D eigenvalue weighted by molar-refractivity contribution is 6.39. The number of hydrogen-bond acceptors (Lipinski definition) is 7. The lowest BCUT2D eigenvalue weighted by Gasteiger charge is -2.22. The number of pyridine rings is 1. The fraction of sp³-hybridized carbons (Fsp3) is 0.400. The van der Waals surface area contributed by atoms with E-state index in [4.69, 9.17) is 9.47 Å². The molecule has 2 amide bonds. The third-order valence-corrected chi connectivity index (χ3v) is 6.13. The Morgan fingerprint density at radius 3 is 2.57 bits per heavy atom. The van der Waals surface area contributed by atoms with Gasteiger partial charge in [-0.05, 0) is 18.4 Å². The van der Waals surface area contributed by atoms with Crippen LogP contribution in [-0.2, 0) is 33.7 Å². The summed E-state index contributed by atoms with van der Waals surface area (Å²) in [6, 6.07) is 11.3. The summed E-state index contributed by atoms with van der Waals surface area (Å²) in [5.74, 6) is -0.912.